The highest BCUT2D eigenvalue weighted by atomic mass is 32.2. The molecule has 0 aromatic rings. The van der Waals surface area contributed by atoms with Crippen molar-refractivity contribution in [1.82, 2.24) is 14.3 Å². The van der Waals surface area contributed by atoms with E-state index in [1.165, 1.54) is 0 Å². The van der Waals surface area contributed by atoms with Gasteiger partial charge in [0.2, 0.25) is 0 Å². The van der Waals surface area contributed by atoms with Crippen LogP contribution in [0.1, 0.15) is 32.1 Å². The summed E-state index contributed by atoms with van der Waals surface area (Å²) in [5, 5.41) is 3.28. The Labute approximate surface area is 97.8 Å². The van der Waals surface area contributed by atoms with Gasteiger partial charge in [-0.15, -0.1) is 0 Å². The first-order valence-electron chi connectivity index (χ1n) is 6.16. The lowest BCUT2D eigenvalue weighted by molar-refractivity contribution is 0.442. The van der Waals surface area contributed by atoms with Crippen LogP contribution in [0.15, 0.2) is 0 Å². The van der Waals surface area contributed by atoms with Crippen LogP contribution in [-0.2, 0) is 10.2 Å². The van der Waals surface area contributed by atoms with E-state index in [9.17, 15) is 8.42 Å². The Hall–Kier alpha value is -0.170. The minimum atomic E-state index is -3.22. The first kappa shape index (κ1) is 12.3. The van der Waals surface area contributed by atoms with Crippen LogP contribution in [-0.4, -0.2) is 44.9 Å². The van der Waals surface area contributed by atoms with Crippen LogP contribution in [0.3, 0.4) is 0 Å². The Morgan fingerprint density at radius 1 is 1.06 bits per heavy atom. The molecule has 0 spiro atoms. The summed E-state index contributed by atoms with van der Waals surface area (Å²) in [5.41, 5.74) is 0. The average molecular weight is 247 g/mol. The number of hydrogen-bond acceptors (Lipinski definition) is 3. The van der Waals surface area contributed by atoms with E-state index in [4.69, 9.17) is 0 Å². The molecule has 0 radical (unpaired) electrons. The number of rotatable bonds is 3. The molecule has 0 bridgehead atoms. The zero-order valence-corrected chi connectivity index (χ0v) is 10.4. The second-order valence-electron chi connectivity index (χ2n) is 4.61. The standard InChI is InChI=1S/C10H21N3O2S/c14-16(15,13-8-1-2-9-13)12-10-4-3-6-11-7-5-10/h10-12H,1-9H2. The van der Waals surface area contributed by atoms with E-state index in [1.54, 1.807) is 4.31 Å². The van der Waals surface area contributed by atoms with Crippen LogP contribution in [0.25, 0.3) is 0 Å². The summed E-state index contributed by atoms with van der Waals surface area (Å²) >= 11 is 0. The molecule has 6 heteroatoms. The van der Waals surface area contributed by atoms with Gasteiger partial charge >= 0.3 is 0 Å². The fourth-order valence-electron chi connectivity index (χ4n) is 2.35. The van der Waals surface area contributed by atoms with Gasteiger partial charge < -0.3 is 5.32 Å². The van der Waals surface area contributed by atoms with E-state index in [-0.39, 0.29) is 6.04 Å². The van der Waals surface area contributed by atoms with Gasteiger partial charge in [-0.05, 0) is 45.2 Å². The topological polar surface area (TPSA) is 61.4 Å². The van der Waals surface area contributed by atoms with Gasteiger partial charge in [-0.3, -0.25) is 0 Å². The fraction of sp³-hybridized carbons (Fsp3) is 1.00. The third-order valence-corrected chi connectivity index (χ3v) is 4.97. The lowest BCUT2D eigenvalue weighted by Gasteiger charge is -2.21. The number of nitrogens with zero attached hydrogens (tertiary/aromatic N) is 1. The van der Waals surface area contributed by atoms with Crippen molar-refractivity contribution in [2.45, 2.75) is 38.1 Å². The monoisotopic (exact) mass is 247 g/mol. The van der Waals surface area contributed by atoms with Gasteiger partial charge in [-0.1, -0.05) is 0 Å². The summed E-state index contributed by atoms with van der Waals surface area (Å²) in [6.45, 7) is 3.27. The Bertz CT molecular complexity index is 304. The second-order valence-corrected chi connectivity index (χ2v) is 6.31. The Morgan fingerprint density at radius 3 is 2.56 bits per heavy atom. The van der Waals surface area contributed by atoms with Crippen LogP contribution in [0.4, 0.5) is 0 Å². The summed E-state index contributed by atoms with van der Waals surface area (Å²) in [6, 6.07) is 0.112. The molecule has 2 rings (SSSR count). The smallest absolute Gasteiger partial charge is 0.279 e. The van der Waals surface area contributed by atoms with Crippen molar-refractivity contribution in [3.05, 3.63) is 0 Å². The summed E-state index contributed by atoms with van der Waals surface area (Å²) in [6.07, 6.45) is 4.88. The molecule has 2 saturated heterocycles. The highest BCUT2D eigenvalue weighted by molar-refractivity contribution is 7.87. The minimum Gasteiger partial charge on any atom is -0.317 e. The van der Waals surface area contributed by atoms with Crippen LogP contribution < -0.4 is 10.0 Å². The summed E-state index contributed by atoms with van der Waals surface area (Å²) in [5.74, 6) is 0. The van der Waals surface area contributed by atoms with Gasteiger partial charge in [0.1, 0.15) is 0 Å². The molecule has 2 heterocycles. The van der Waals surface area contributed by atoms with Crippen molar-refractivity contribution in [2.24, 2.45) is 0 Å². The lowest BCUT2D eigenvalue weighted by atomic mass is 10.1. The van der Waals surface area contributed by atoms with Crippen molar-refractivity contribution in [2.75, 3.05) is 26.2 Å². The molecule has 0 saturated carbocycles. The summed E-state index contributed by atoms with van der Waals surface area (Å²) in [7, 11) is -3.22. The van der Waals surface area contributed by atoms with Crippen molar-refractivity contribution < 1.29 is 8.42 Å². The summed E-state index contributed by atoms with van der Waals surface area (Å²) < 4.78 is 28.4. The third kappa shape index (κ3) is 3.16. The highest BCUT2D eigenvalue weighted by Gasteiger charge is 2.27. The molecule has 1 unspecified atom stereocenters. The van der Waals surface area contributed by atoms with Crippen LogP contribution in [0.5, 0.6) is 0 Å². The second kappa shape index (κ2) is 5.44. The van der Waals surface area contributed by atoms with Gasteiger partial charge in [0.25, 0.3) is 10.2 Å². The highest BCUT2D eigenvalue weighted by Crippen LogP contribution is 2.14. The average Bonchev–Trinajstić information content (AvgIpc) is 2.67. The number of hydrogen-bond donors (Lipinski definition) is 2. The molecule has 2 aliphatic heterocycles. The molecule has 0 aromatic carbocycles. The maximum atomic E-state index is 12.0. The molecule has 2 fully saturated rings. The van der Waals surface area contributed by atoms with E-state index in [1.807, 2.05) is 0 Å². The largest absolute Gasteiger partial charge is 0.317 e. The van der Waals surface area contributed by atoms with E-state index in [2.05, 4.69) is 10.0 Å². The minimum absolute atomic E-state index is 0.112. The Balaban J connectivity index is 1.91. The van der Waals surface area contributed by atoms with Gasteiger partial charge in [0.05, 0.1) is 0 Å². The molecule has 1 atom stereocenters. The zero-order chi connectivity index (χ0) is 11.4. The molecule has 5 nitrogen and oxygen atoms in total. The Morgan fingerprint density at radius 2 is 1.81 bits per heavy atom. The first-order chi connectivity index (χ1) is 7.68. The molecule has 16 heavy (non-hydrogen) atoms. The SMILES string of the molecule is O=S(=O)(NC1CCCNCC1)N1CCCC1. The molecular formula is C10H21N3O2S. The lowest BCUT2D eigenvalue weighted by Crippen LogP contribution is -2.44. The van der Waals surface area contributed by atoms with Gasteiger partial charge in [0, 0.05) is 19.1 Å². The van der Waals surface area contributed by atoms with Crippen molar-refractivity contribution in [3.8, 4) is 0 Å². The van der Waals surface area contributed by atoms with Crippen LogP contribution in [0.2, 0.25) is 0 Å². The van der Waals surface area contributed by atoms with E-state index in [0.29, 0.717) is 13.1 Å². The molecule has 2 aliphatic rings. The van der Waals surface area contributed by atoms with Crippen LogP contribution in [0, 0.1) is 0 Å². The van der Waals surface area contributed by atoms with Crippen molar-refractivity contribution in [3.63, 3.8) is 0 Å². The quantitative estimate of drug-likeness (QED) is 0.741. The maximum Gasteiger partial charge on any atom is 0.279 e. The molecule has 0 aromatic heterocycles. The molecule has 0 amide bonds. The van der Waals surface area contributed by atoms with Gasteiger partial charge in [-0.25, -0.2) is 0 Å². The normalized spacial score (nSPS) is 29.1. The van der Waals surface area contributed by atoms with E-state index < -0.39 is 10.2 Å². The predicted octanol–water partition coefficient (Wildman–Crippen LogP) is 0.0587. The van der Waals surface area contributed by atoms with Gasteiger partial charge in [-0.2, -0.15) is 17.4 Å². The van der Waals surface area contributed by atoms with Crippen molar-refractivity contribution in [1.29, 1.82) is 0 Å². The zero-order valence-electron chi connectivity index (χ0n) is 9.61. The van der Waals surface area contributed by atoms with Gasteiger partial charge in [0.15, 0.2) is 0 Å². The Kier molecular flexibility index (Phi) is 4.18. The molecule has 0 aliphatic carbocycles. The number of nitrogens with one attached hydrogen (secondary N) is 2. The molecule has 2 N–H and O–H groups in total. The van der Waals surface area contributed by atoms with E-state index >= 15 is 0 Å². The van der Waals surface area contributed by atoms with Crippen molar-refractivity contribution >= 4 is 10.2 Å². The fourth-order valence-corrected chi connectivity index (χ4v) is 3.90. The maximum absolute atomic E-state index is 12.0. The molecular weight excluding hydrogens is 226 g/mol. The van der Waals surface area contributed by atoms with E-state index in [0.717, 1.165) is 45.2 Å². The first-order valence-corrected chi connectivity index (χ1v) is 7.60. The summed E-state index contributed by atoms with van der Waals surface area (Å²) in [4.78, 5) is 0. The van der Waals surface area contributed by atoms with Crippen LogP contribution >= 0.6 is 0 Å². The predicted molar refractivity (Wildman–Crippen MR) is 63.4 cm³/mol. The molecule has 94 valence electrons. The third-order valence-electron chi connectivity index (χ3n) is 3.30.